The van der Waals surface area contributed by atoms with Crippen LogP contribution in [0.5, 0.6) is 0 Å². The van der Waals surface area contributed by atoms with Crippen LogP contribution in [0, 0.1) is 5.92 Å². The Kier molecular flexibility index (Phi) is 4.78. The molecule has 0 aliphatic carbocycles. The van der Waals surface area contributed by atoms with Crippen molar-refractivity contribution in [1.29, 1.82) is 0 Å². The first kappa shape index (κ1) is 14.6. The molecule has 1 N–H and O–H groups in total. The molecule has 1 saturated heterocycles. The average Bonchev–Trinajstić information content (AvgIpc) is 2.97. The molecular formula is C12H16ClNO4. The maximum Gasteiger partial charge on any atom is 0.308 e. The van der Waals surface area contributed by atoms with Crippen molar-refractivity contribution in [1.82, 2.24) is 4.90 Å². The van der Waals surface area contributed by atoms with Crippen molar-refractivity contribution in [3.05, 3.63) is 23.7 Å². The van der Waals surface area contributed by atoms with Crippen LogP contribution in [-0.4, -0.2) is 35.0 Å². The van der Waals surface area contributed by atoms with E-state index in [0.29, 0.717) is 18.7 Å². The molecule has 18 heavy (non-hydrogen) atoms. The molecule has 1 amide bonds. The summed E-state index contributed by atoms with van der Waals surface area (Å²) in [6.45, 7) is 2.71. The van der Waals surface area contributed by atoms with E-state index in [1.807, 2.05) is 6.92 Å². The van der Waals surface area contributed by atoms with Crippen molar-refractivity contribution in [2.75, 3.05) is 13.1 Å². The van der Waals surface area contributed by atoms with Gasteiger partial charge in [-0.2, -0.15) is 0 Å². The second-order valence-electron chi connectivity index (χ2n) is 4.19. The Morgan fingerprint density at radius 3 is 2.72 bits per heavy atom. The molecule has 1 unspecified atom stereocenters. The smallest absolute Gasteiger partial charge is 0.308 e. The van der Waals surface area contributed by atoms with E-state index >= 15 is 0 Å². The Hall–Kier alpha value is -1.49. The number of likely N-dealkylation sites (tertiary alicyclic amines) is 1. The molecule has 1 aliphatic heterocycles. The largest absolute Gasteiger partial charge is 0.481 e. The zero-order chi connectivity index (χ0) is 12.4. The van der Waals surface area contributed by atoms with Crippen molar-refractivity contribution < 1.29 is 19.1 Å². The monoisotopic (exact) mass is 273 g/mol. The van der Waals surface area contributed by atoms with Gasteiger partial charge in [0.1, 0.15) is 5.76 Å². The van der Waals surface area contributed by atoms with Crippen molar-refractivity contribution >= 4 is 24.3 Å². The van der Waals surface area contributed by atoms with Gasteiger partial charge in [-0.05, 0) is 18.6 Å². The molecule has 0 radical (unpaired) electrons. The maximum atomic E-state index is 12.0. The molecular weight excluding hydrogens is 258 g/mol. The Bertz CT molecular complexity index is 443. The quantitative estimate of drug-likeness (QED) is 0.912. The number of amides is 1. The summed E-state index contributed by atoms with van der Waals surface area (Å²) in [7, 11) is 0. The molecule has 0 aromatic carbocycles. The minimum atomic E-state index is -0.839. The lowest BCUT2D eigenvalue weighted by atomic mass is 10.1. The summed E-state index contributed by atoms with van der Waals surface area (Å²) in [5.74, 6) is -0.433. The SMILES string of the molecule is CCc1ccc(C(=O)N2CCC(C(=O)O)C2)o1.Cl. The third-order valence-electron chi connectivity index (χ3n) is 3.05. The van der Waals surface area contributed by atoms with Crippen LogP contribution in [0.2, 0.25) is 0 Å². The van der Waals surface area contributed by atoms with Gasteiger partial charge < -0.3 is 14.4 Å². The van der Waals surface area contributed by atoms with E-state index in [4.69, 9.17) is 9.52 Å². The lowest BCUT2D eigenvalue weighted by Gasteiger charge is -2.13. The van der Waals surface area contributed by atoms with Crippen LogP contribution in [-0.2, 0) is 11.2 Å². The molecule has 100 valence electrons. The molecule has 1 atom stereocenters. The molecule has 1 aliphatic rings. The number of carbonyl (C=O) groups is 2. The minimum absolute atomic E-state index is 0. The number of hydrogen-bond acceptors (Lipinski definition) is 3. The van der Waals surface area contributed by atoms with E-state index in [-0.39, 0.29) is 24.9 Å². The second-order valence-corrected chi connectivity index (χ2v) is 4.19. The van der Waals surface area contributed by atoms with Crippen LogP contribution in [0.25, 0.3) is 0 Å². The molecule has 0 bridgehead atoms. The molecule has 2 heterocycles. The van der Waals surface area contributed by atoms with Gasteiger partial charge in [-0.25, -0.2) is 0 Å². The number of nitrogens with zero attached hydrogens (tertiary/aromatic N) is 1. The van der Waals surface area contributed by atoms with Gasteiger partial charge in [0, 0.05) is 19.5 Å². The normalized spacial score (nSPS) is 18.5. The van der Waals surface area contributed by atoms with E-state index < -0.39 is 11.9 Å². The van der Waals surface area contributed by atoms with Gasteiger partial charge in [0.05, 0.1) is 5.92 Å². The van der Waals surface area contributed by atoms with Gasteiger partial charge in [-0.15, -0.1) is 12.4 Å². The summed E-state index contributed by atoms with van der Waals surface area (Å²) < 4.78 is 5.36. The molecule has 6 heteroatoms. The Balaban J connectivity index is 0.00000162. The Labute approximate surface area is 111 Å². The highest BCUT2D eigenvalue weighted by Crippen LogP contribution is 2.20. The average molecular weight is 274 g/mol. The van der Waals surface area contributed by atoms with Crippen LogP contribution >= 0.6 is 12.4 Å². The Morgan fingerprint density at radius 2 is 2.22 bits per heavy atom. The van der Waals surface area contributed by atoms with Gasteiger partial charge in [-0.3, -0.25) is 9.59 Å². The van der Waals surface area contributed by atoms with Crippen LogP contribution in [0.1, 0.15) is 29.7 Å². The number of halogens is 1. The molecule has 1 aromatic rings. The lowest BCUT2D eigenvalue weighted by Crippen LogP contribution is -2.29. The van der Waals surface area contributed by atoms with Gasteiger partial charge in [-0.1, -0.05) is 6.92 Å². The van der Waals surface area contributed by atoms with Gasteiger partial charge >= 0.3 is 5.97 Å². The zero-order valence-electron chi connectivity index (χ0n) is 10.1. The van der Waals surface area contributed by atoms with Crippen molar-refractivity contribution in [3.8, 4) is 0 Å². The number of carboxylic acids is 1. The van der Waals surface area contributed by atoms with E-state index in [1.165, 1.54) is 4.90 Å². The molecule has 0 spiro atoms. The van der Waals surface area contributed by atoms with Crippen molar-refractivity contribution in [2.45, 2.75) is 19.8 Å². The van der Waals surface area contributed by atoms with Gasteiger partial charge in [0.25, 0.3) is 5.91 Å². The summed E-state index contributed by atoms with van der Waals surface area (Å²) >= 11 is 0. The van der Waals surface area contributed by atoms with E-state index in [2.05, 4.69) is 0 Å². The third-order valence-corrected chi connectivity index (χ3v) is 3.05. The summed E-state index contributed by atoms with van der Waals surface area (Å²) in [5, 5.41) is 8.86. The fraction of sp³-hybridized carbons (Fsp3) is 0.500. The molecule has 1 aromatic heterocycles. The lowest BCUT2D eigenvalue weighted by molar-refractivity contribution is -0.141. The van der Waals surface area contributed by atoms with E-state index in [9.17, 15) is 9.59 Å². The summed E-state index contributed by atoms with van der Waals surface area (Å²) in [6, 6.07) is 3.42. The summed E-state index contributed by atoms with van der Waals surface area (Å²) in [5.41, 5.74) is 0. The van der Waals surface area contributed by atoms with Gasteiger partial charge in [0.2, 0.25) is 0 Å². The number of carboxylic acid groups (broad SMARTS) is 1. The standard InChI is InChI=1S/C12H15NO4.ClH/c1-2-9-3-4-10(17-9)11(14)13-6-5-8(7-13)12(15)16;/h3-4,8H,2,5-7H2,1H3,(H,15,16);1H. The molecule has 1 fully saturated rings. The van der Waals surface area contributed by atoms with Gasteiger partial charge in [0.15, 0.2) is 5.76 Å². The highest BCUT2D eigenvalue weighted by atomic mass is 35.5. The van der Waals surface area contributed by atoms with Crippen LogP contribution < -0.4 is 0 Å². The first-order valence-corrected chi connectivity index (χ1v) is 5.72. The minimum Gasteiger partial charge on any atom is -0.481 e. The third kappa shape index (κ3) is 2.85. The highest BCUT2D eigenvalue weighted by molar-refractivity contribution is 5.92. The maximum absolute atomic E-state index is 12.0. The first-order valence-electron chi connectivity index (χ1n) is 5.72. The summed E-state index contributed by atoms with van der Waals surface area (Å²) in [6.07, 6.45) is 1.26. The number of rotatable bonds is 3. The number of carbonyl (C=O) groups excluding carboxylic acids is 1. The fourth-order valence-corrected chi connectivity index (χ4v) is 1.99. The molecule has 0 saturated carbocycles. The topological polar surface area (TPSA) is 70.8 Å². The van der Waals surface area contributed by atoms with Crippen LogP contribution in [0.15, 0.2) is 16.5 Å². The van der Waals surface area contributed by atoms with Crippen molar-refractivity contribution in [3.63, 3.8) is 0 Å². The number of hydrogen-bond donors (Lipinski definition) is 1. The van der Waals surface area contributed by atoms with E-state index in [1.54, 1.807) is 12.1 Å². The highest BCUT2D eigenvalue weighted by Gasteiger charge is 2.32. The second kappa shape index (κ2) is 5.91. The zero-order valence-corrected chi connectivity index (χ0v) is 10.9. The van der Waals surface area contributed by atoms with E-state index in [0.717, 1.165) is 12.2 Å². The molecule has 5 nitrogen and oxygen atoms in total. The molecule has 2 rings (SSSR count). The predicted molar refractivity (Wildman–Crippen MR) is 67.0 cm³/mol. The van der Waals surface area contributed by atoms with Crippen molar-refractivity contribution in [2.24, 2.45) is 5.92 Å². The number of aliphatic carboxylic acids is 1. The number of aryl methyl sites for hydroxylation is 1. The first-order chi connectivity index (χ1) is 8.11. The predicted octanol–water partition coefficient (Wildman–Crippen LogP) is 1.81. The van der Waals surface area contributed by atoms with Crippen LogP contribution in [0.4, 0.5) is 0 Å². The fourth-order valence-electron chi connectivity index (χ4n) is 1.99. The Morgan fingerprint density at radius 1 is 1.50 bits per heavy atom. The van der Waals surface area contributed by atoms with Crippen LogP contribution in [0.3, 0.4) is 0 Å². The number of furan rings is 1. The summed E-state index contributed by atoms with van der Waals surface area (Å²) in [4.78, 5) is 24.3.